The molecule has 0 N–H and O–H groups in total. The zero-order valence-corrected chi connectivity index (χ0v) is 12.8. The molecule has 0 aromatic carbocycles. The van der Waals surface area contributed by atoms with Gasteiger partial charge in [-0.25, -0.2) is 0 Å². The number of rotatable bonds is 1. The van der Waals surface area contributed by atoms with Gasteiger partial charge in [-0.2, -0.15) is 0 Å². The molecule has 0 nitrogen and oxygen atoms in total. The first-order valence-electron chi connectivity index (χ1n) is 8.16. The number of hydrogen-bond donors (Lipinski definition) is 0. The largest absolute Gasteiger partial charge is 0.103 e. The van der Waals surface area contributed by atoms with Crippen molar-refractivity contribution in [2.45, 2.75) is 57.8 Å². The first-order valence-corrected chi connectivity index (χ1v) is 8.16. The summed E-state index contributed by atoms with van der Waals surface area (Å²) in [4.78, 5) is 0. The van der Waals surface area contributed by atoms with Crippen LogP contribution in [0.2, 0.25) is 0 Å². The summed E-state index contributed by atoms with van der Waals surface area (Å²) >= 11 is 0. The quantitative estimate of drug-likeness (QED) is 0.475. The van der Waals surface area contributed by atoms with Crippen LogP contribution in [0.4, 0.5) is 0 Å². The van der Waals surface area contributed by atoms with Gasteiger partial charge in [0.25, 0.3) is 0 Å². The molecule has 0 aliphatic heterocycles. The minimum Gasteiger partial charge on any atom is -0.103 e. The van der Waals surface area contributed by atoms with Crippen molar-refractivity contribution in [1.29, 1.82) is 0 Å². The summed E-state index contributed by atoms with van der Waals surface area (Å²) in [6, 6.07) is 0. The van der Waals surface area contributed by atoms with E-state index in [-0.39, 0.29) is 0 Å². The van der Waals surface area contributed by atoms with Crippen molar-refractivity contribution >= 4 is 0 Å². The van der Waals surface area contributed by atoms with E-state index in [1.54, 1.807) is 0 Å². The third-order valence-electron chi connectivity index (χ3n) is 3.64. The lowest BCUT2D eigenvalue weighted by atomic mass is 9.99. The molecular formula is C20H30. The van der Waals surface area contributed by atoms with Gasteiger partial charge in [-0.15, -0.1) is 6.58 Å². The average molecular weight is 270 g/mol. The maximum atomic E-state index is 3.96. The molecule has 0 aromatic rings. The van der Waals surface area contributed by atoms with Crippen molar-refractivity contribution in [2.75, 3.05) is 0 Å². The van der Waals surface area contributed by atoms with Crippen LogP contribution in [0.25, 0.3) is 0 Å². The smallest absolute Gasteiger partial charge is 0.0199 e. The summed E-state index contributed by atoms with van der Waals surface area (Å²) in [7, 11) is 0. The van der Waals surface area contributed by atoms with Crippen molar-refractivity contribution in [3.05, 3.63) is 61.3 Å². The molecule has 0 aromatic heterocycles. The van der Waals surface area contributed by atoms with Gasteiger partial charge in [-0.1, -0.05) is 54.7 Å². The molecule has 1 unspecified atom stereocenters. The van der Waals surface area contributed by atoms with Crippen LogP contribution in [0, 0.1) is 5.92 Å². The van der Waals surface area contributed by atoms with Gasteiger partial charge in [0.1, 0.15) is 0 Å². The molecule has 0 radical (unpaired) electrons. The molecule has 1 aliphatic rings. The Labute approximate surface area is 125 Å². The molecule has 20 heavy (non-hydrogen) atoms. The van der Waals surface area contributed by atoms with E-state index in [0.29, 0.717) is 5.92 Å². The second-order valence-electron chi connectivity index (χ2n) is 5.43. The molecule has 0 heteroatoms. The van der Waals surface area contributed by atoms with Gasteiger partial charge in [0.2, 0.25) is 0 Å². The molecular weight excluding hydrogens is 240 g/mol. The lowest BCUT2D eigenvalue weighted by Crippen LogP contribution is -1.93. The van der Waals surface area contributed by atoms with E-state index in [9.17, 15) is 0 Å². The monoisotopic (exact) mass is 270 g/mol. The van der Waals surface area contributed by atoms with Crippen molar-refractivity contribution in [1.82, 2.24) is 0 Å². The van der Waals surface area contributed by atoms with Crippen molar-refractivity contribution in [2.24, 2.45) is 5.92 Å². The number of allylic oxidation sites excluding steroid dienone is 9. The maximum Gasteiger partial charge on any atom is -0.0199 e. The standard InChI is InChI=1S/C20H30/c1-2-20-18-16-14-12-10-8-6-4-3-5-7-9-11-13-15-17-19-20/h2,4,6-7,9,12,14-15,17,20H,1,3,5,8,10-11,13,16,18-19H2/b6-4-,9-7-,14-12-,17-15-. The molecule has 0 spiro atoms. The molecule has 0 amide bonds. The van der Waals surface area contributed by atoms with Gasteiger partial charge < -0.3 is 0 Å². The molecule has 0 bridgehead atoms. The van der Waals surface area contributed by atoms with Crippen molar-refractivity contribution < 1.29 is 0 Å². The van der Waals surface area contributed by atoms with E-state index in [0.717, 1.165) is 12.8 Å². The second kappa shape index (κ2) is 12.7. The van der Waals surface area contributed by atoms with Crippen LogP contribution in [0.3, 0.4) is 0 Å². The van der Waals surface area contributed by atoms with Gasteiger partial charge in [0, 0.05) is 0 Å². The van der Waals surface area contributed by atoms with Gasteiger partial charge in [-0.3, -0.25) is 0 Å². The Hall–Kier alpha value is -1.30. The third-order valence-corrected chi connectivity index (χ3v) is 3.64. The Kier molecular flexibility index (Phi) is 10.7. The minimum atomic E-state index is 0.630. The fourth-order valence-corrected chi connectivity index (χ4v) is 2.32. The van der Waals surface area contributed by atoms with E-state index in [2.05, 4.69) is 61.3 Å². The zero-order valence-electron chi connectivity index (χ0n) is 12.8. The van der Waals surface area contributed by atoms with E-state index < -0.39 is 0 Å². The molecule has 0 heterocycles. The summed E-state index contributed by atoms with van der Waals surface area (Å²) < 4.78 is 0. The average Bonchev–Trinajstić information content (AvgIpc) is 2.47. The van der Waals surface area contributed by atoms with Gasteiger partial charge in [0.15, 0.2) is 0 Å². The lowest BCUT2D eigenvalue weighted by molar-refractivity contribution is 0.606. The van der Waals surface area contributed by atoms with Crippen LogP contribution >= 0.6 is 0 Å². The highest BCUT2D eigenvalue weighted by molar-refractivity contribution is 4.95. The summed E-state index contributed by atoms with van der Waals surface area (Å²) in [6.45, 7) is 3.96. The molecule has 0 fully saturated rings. The maximum absolute atomic E-state index is 3.96. The van der Waals surface area contributed by atoms with Gasteiger partial charge in [-0.05, 0) is 63.7 Å². The Balaban J connectivity index is 2.41. The number of hydrogen-bond acceptors (Lipinski definition) is 0. The molecule has 1 rings (SSSR count). The predicted molar refractivity (Wildman–Crippen MR) is 91.8 cm³/mol. The van der Waals surface area contributed by atoms with Gasteiger partial charge >= 0.3 is 0 Å². The molecule has 110 valence electrons. The highest BCUT2D eigenvalue weighted by Gasteiger charge is 1.99. The van der Waals surface area contributed by atoms with Crippen molar-refractivity contribution in [3.63, 3.8) is 0 Å². The third kappa shape index (κ3) is 9.61. The fourth-order valence-electron chi connectivity index (χ4n) is 2.32. The van der Waals surface area contributed by atoms with E-state index in [1.807, 2.05) is 0 Å². The summed E-state index contributed by atoms with van der Waals surface area (Å²) in [5.41, 5.74) is 0. The highest BCUT2D eigenvalue weighted by atomic mass is 14.0. The topological polar surface area (TPSA) is 0 Å². The summed E-state index contributed by atoms with van der Waals surface area (Å²) in [5, 5.41) is 0. The summed E-state index contributed by atoms with van der Waals surface area (Å²) in [5.74, 6) is 0.630. The summed E-state index contributed by atoms with van der Waals surface area (Å²) in [6.07, 6.45) is 31.2. The van der Waals surface area contributed by atoms with Crippen LogP contribution in [0.1, 0.15) is 57.8 Å². The van der Waals surface area contributed by atoms with E-state index in [4.69, 9.17) is 0 Å². The molecule has 1 aliphatic carbocycles. The lowest BCUT2D eigenvalue weighted by Gasteiger charge is -2.07. The molecule has 0 saturated carbocycles. The first kappa shape index (κ1) is 16.8. The minimum absolute atomic E-state index is 0.630. The van der Waals surface area contributed by atoms with E-state index >= 15 is 0 Å². The first-order chi connectivity index (χ1) is 9.93. The normalized spacial score (nSPS) is 29.5. The Morgan fingerprint density at radius 2 is 1.00 bits per heavy atom. The van der Waals surface area contributed by atoms with Crippen molar-refractivity contribution in [3.8, 4) is 0 Å². The Bertz CT molecular complexity index is 341. The van der Waals surface area contributed by atoms with Gasteiger partial charge in [0.05, 0.1) is 0 Å². The van der Waals surface area contributed by atoms with Crippen LogP contribution in [-0.2, 0) is 0 Å². The van der Waals surface area contributed by atoms with Crippen LogP contribution < -0.4 is 0 Å². The predicted octanol–water partition coefficient (Wildman–Crippen LogP) is 6.54. The fraction of sp³-hybridized carbons (Fsp3) is 0.500. The Morgan fingerprint density at radius 3 is 1.45 bits per heavy atom. The molecule has 1 atom stereocenters. The zero-order chi connectivity index (χ0) is 14.3. The van der Waals surface area contributed by atoms with Crippen LogP contribution in [0.5, 0.6) is 0 Å². The second-order valence-corrected chi connectivity index (χ2v) is 5.43. The van der Waals surface area contributed by atoms with E-state index in [1.165, 1.54) is 44.9 Å². The molecule has 0 saturated heterocycles. The Morgan fingerprint density at radius 1 is 0.600 bits per heavy atom. The van der Waals surface area contributed by atoms with Crippen LogP contribution in [0.15, 0.2) is 61.3 Å². The van der Waals surface area contributed by atoms with Crippen LogP contribution in [-0.4, -0.2) is 0 Å². The SMILES string of the molecule is C=CC1C/C=C\CC/C=C\CC/C=C\CC/C=C\CC1. The highest BCUT2D eigenvalue weighted by Crippen LogP contribution is 2.14.